The van der Waals surface area contributed by atoms with E-state index in [1.807, 2.05) is 42.5 Å². The second-order valence-corrected chi connectivity index (χ2v) is 7.87. The molecule has 0 N–H and O–H groups in total. The van der Waals surface area contributed by atoms with Crippen LogP contribution in [-0.4, -0.2) is 14.2 Å². The number of para-hydroxylation sites is 1. The molecule has 3 aromatic carbocycles. The maximum Gasteiger partial charge on any atom is 0.161 e. The second-order valence-electron chi connectivity index (χ2n) is 7.87. The van der Waals surface area contributed by atoms with Crippen molar-refractivity contribution < 1.29 is 14.2 Å². The molecule has 0 aliphatic rings. The van der Waals surface area contributed by atoms with Crippen molar-refractivity contribution in [2.45, 2.75) is 38.5 Å². The zero-order valence-corrected chi connectivity index (χ0v) is 17.8. The maximum absolute atomic E-state index is 5.96. The van der Waals surface area contributed by atoms with Gasteiger partial charge in [0.1, 0.15) is 11.5 Å². The van der Waals surface area contributed by atoms with Crippen LogP contribution in [0.1, 0.15) is 37.8 Å². The van der Waals surface area contributed by atoms with E-state index in [9.17, 15) is 0 Å². The molecule has 0 aliphatic heterocycles. The van der Waals surface area contributed by atoms with Gasteiger partial charge in [0.25, 0.3) is 0 Å². The van der Waals surface area contributed by atoms with Crippen LogP contribution < -0.4 is 14.2 Å². The van der Waals surface area contributed by atoms with Crippen LogP contribution in [0.25, 0.3) is 0 Å². The topological polar surface area (TPSA) is 27.7 Å². The molecule has 0 radical (unpaired) electrons. The molecule has 0 saturated carbocycles. The predicted molar refractivity (Wildman–Crippen MR) is 118 cm³/mol. The molecule has 29 heavy (non-hydrogen) atoms. The van der Waals surface area contributed by atoms with Crippen molar-refractivity contribution in [2.75, 3.05) is 14.2 Å². The molecule has 0 aromatic heterocycles. The highest BCUT2D eigenvalue weighted by Crippen LogP contribution is 2.36. The summed E-state index contributed by atoms with van der Waals surface area (Å²) in [5.74, 6) is 3.29. The fourth-order valence-electron chi connectivity index (χ4n) is 3.53. The molecule has 152 valence electrons. The van der Waals surface area contributed by atoms with Gasteiger partial charge in [-0.2, -0.15) is 0 Å². The highest BCUT2D eigenvalue weighted by Gasteiger charge is 2.22. The first kappa shape index (κ1) is 20.8. The summed E-state index contributed by atoms with van der Waals surface area (Å²) in [5, 5.41) is 0. The number of ether oxygens (including phenoxy) is 3. The fourth-order valence-corrected chi connectivity index (χ4v) is 3.53. The van der Waals surface area contributed by atoms with Gasteiger partial charge in [-0.05, 0) is 72.2 Å². The summed E-state index contributed by atoms with van der Waals surface area (Å²) in [6, 6.07) is 24.5. The van der Waals surface area contributed by atoms with Crippen LogP contribution in [0.5, 0.6) is 23.0 Å². The molecular weight excluding hydrogens is 360 g/mol. The van der Waals surface area contributed by atoms with Crippen LogP contribution in [0.2, 0.25) is 0 Å². The normalized spacial score (nSPS) is 11.2. The molecule has 0 unspecified atom stereocenters. The van der Waals surface area contributed by atoms with Crippen molar-refractivity contribution in [3.8, 4) is 23.0 Å². The summed E-state index contributed by atoms with van der Waals surface area (Å²) in [5.41, 5.74) is 2.61. The third-order valence-electron chi connectivity index (χ3n) is 5.31. The van der Waals surface area contributed by atoms with E-state index < -0.39 is 0 Å². The molecule has 3 rings (SSSR count). The van der Waals surface area contributed by atoms with Gasteiger partial charge in [0, 0.05) is 0 Å². The van der Waals surface area contributed by atoms with Crippen LogP contribution in [0, 0.1) is 0 Å². The quantitative estimate of drug-likeness (QED) is 0.402. The highest BCUT2D eigenvalue weighted by atomic mass is 16.5. The molecule has 0 amide bonds. The average molecular weight is 391 g/mol. The van der Waals surface area contributed by atoms with E-state index in [0.29, 0.717) is 0 Å². The predicted octanol–water partition coefficient (Wildman–Crippen LogP) is 6.80. The number of benzene rings is 3. The Labute approximate surface area is 174 Å². The van der Waals surface area contributed by atoms with Crippen molar-refractivity contribution in [2.24, 2.45) is 0 Å². The Bertz CT molecular complexity index is 916. The van der Waals surface area contributed by atoms with Crippen molar-refractivity contribution in [1.29, 1.82) is 0 Å². The van der Waals surface area contributed by atoms with Crippen LogP contribution in [0.4, 0.5) is 0 Å². The summed E-state index contributed by atoms with van der Waals surface area (Å²) in [4.78, 5) is 0. The minimum atomic E-state index is 0.0533. The summed E-state index contributed by atoms with van der Waals surface area (Å²) >= 11 is 0. The molecule has 0 spiro atoms. The Morgan fingerprint density at radius 1 is 0.724 bits per heavy atom. The van der Waals surface area contributed by atoms with Gasteiger partial charge < -0.3 is 14.2 Å². The van der Waals surface area contributed by atoms with E-state index in [-0.39, 0.29) is 5.41 Å². The molecule has 0 fully saturated rings. The van der Waals surface area contributed by atoms with Crippen LogP contribution >= 0.6 is 0 Å². The first-order chi connectivity index (χ1) is 14.0. The lowest BCUT2D eigenvalue weighted by Crippen LogP contribution is -2.17. The number of aryl methyl sites for hydroxylation is 1. The number of hydrogen-bond donors (Lipinski definition) is 0. The second kappa shape index (κ2) is 9.51. The van der Waals surface area contributed by atoms with Gasteiger partial charge >= 0.3 is 0 Å². The molecule has 0 heterocycles. The first-order valence-electron chi connectivity index (χ1n) is 10.1. The SMILES string of the molecule is COc1ccc(C(C)(C)CCCc2cccc(Oc3ccccc3)c2)cc1OC. The van der Waals surface area contributed by atoms with Gasteiger partial charge in [0.2, 0.25) is 0 Å². The van der Waals surface area contributed by atoms with Crippen molar-refractivity contribution in [3.63, 3.8) is 0 Å². The Hall–Kier alpha value is -2.94. The number of hydrogen-bond acceptors (Lipinski definition) is 3. The third kappa shape index (κ3) is 5.54. The lowest BCUT2D eigenvalue weighted by Gasteiger charge is -2.26. The molecule has 3 aromatic rings. The lowest BCUT2D eigenvalue weighted by atomic mass is 9.79. The third-order valence-corrected chi connectivity index (χ3v) is 5.31. The summed E-state index contributed by atoms with van der Waals surface area (Å²) in [6.07, 6.45) is 3.19. The van der Waals surface area contributed by atoms with Crippen molar-refractivity contribution in [1.82, 2.24) is 0 Å². The molecule has 0 saturated heterocycles. The van der Waals surface area contributed by atoms with Crippen molar-refractivity contribution in [3.05, 3.63) is 83.9 Å². The van der Waals surface area contributed by atoms with E-state index in [4.69, 9.17) is 14.2 Å². The fraction of sp³-hybridized carbons (Fsp3) is 0.308. The van der Waals surface area contributed by atoms with E-state index in [1.54, 1.807) is 14.2 Å². The maximum atomic E-state index is 5.96. The molecule has 0 atom stereocenters. The molecule has 3 heteroatoms. The van der Waals surface area contributed by atoms with Crippen LogP contribution in [0.3, 0.4) is 0 Å². The van der Waals surface area contributed by atoms with Crippen molar-refractivity contribution >= 4 is 0 Å². The van der Waals surface area contributed by atoms with Crippen LogP contribution in [0.15, 0.2) is 72.8 Å². The number of rotatable bonds is 9. The molecule has 0 bridgehead atoms. The van der Waals surface area contributed by atoms with E-state index in [2.05, 4.69) is 44.2 Å². The Balaban J connectivity index is 1.61. The highest BCUT2D eigenvalue weighted by molar-refractivity contribution is 5.45. The van der Waals surface area contributed by atoms with E-state index >= 15 is 0 Å². The smallest absolute Gasteiger partial charge is 0.161 e. The average Bonchev–Trinajstić information content (AvgIpc) is 2.74. The van der Waals surface area contributed by atoms with Crippen LogP contribution in [-0.2, 0) is 11.8 Å². The largest absolute Gasteiger partial charge is 0.493 e. The summed E-state index contributed by atoms with van der Waals surface area (Å²) < 4.78 is 16.8. The minimum Gasteiger partial charge on any atom is -0.493 e. The minimum absolute atomic E-state index is 0.0533. The molecular formula is C26H30O3. The Morgan fingerprint density at radius 2 is 1.45 bits per heavy atom. The standard InChI is InChI=1S/C26H30O3/c1-26(2,21-15-16-24(27-3)25(19-21)28-4)17-9-11-20-10-8-14-23(18-20)29-22-12-6-5-7-13-22/h5-8,10,12-16,18-19H,9,11,17H2,1-4H3. The summed E-state index contributed by atoms with van der Waals surface area (Å²) in [6.45, 7) is 4.56. The number of methoxy groups -OCH3 is 2. The zero-order valence-electron chi connectivity index (χ0n) is 17.8. The van der Waals surface area contributed by atoms with Gasteiger partial charge in [0.15, 0.2) is 11.5 Å². The lowest BCUT2D eigenvalue weighted by molar-refractivity contribution is 0.352. The van der Waals surface area contributed by atoms with Gasteiger partial charge in [-0.15, -0.1) is 0 Å². The van der Waals surface area contributed by atoms with Gasteiger partial charge in [-0.25, -0.2) is 0 Å². The Morgan fingerprint density at radius 3 is 2.17 bits per heavy atom. The van der Waals surface area contributed by atoms with Gasteiger partial charge in [0.05, 0.1) is 14.2 Å². The molecule has 3 nitrogen and oxygen atoms in total. The first-order valence-corrected chi connectivity index (χ1v) is 10.1. The Kier molecular flexibility index (Phi) is 6.82. The van der Waals surface area contributed by atoms with E-state index in [1.165, 1.54) is 11.1 Å². The monoisotopic (exact) mass is 390 g/mol. The zero-order chi connectivity index (χ0) is 20.7. The summed E-state index contributed by atoms with van der Waals surface area (Å²) in [7, 11) is 3.34. The van der Waals surface area contributed by atoms with Gasteiger partial charge in [-0.1, -0.05) is 50.2 Å². The molecule has 0 aliphatic carbocycles. The van der Waals surface area contributed by atoms with Gasteiger partial charge in [-0.3, -0.25) is 0 Å². The van der Waals surface area contributed by atoms with E-state index in [0.717, 1.165) is 42.3 Å².